The average molecular weight is 217 g/mol. The van der Waals surface area contributed by atoms with Crippen molar-refractivity contribution in [1.29, 1.82) is 0 Å². The van der Waals surface area contributed by atoms with E-state index in [-0.39, 0.29) is 5.91 Å². The summed E-state index contributed by atoms with van der Waals surface area (Å²) in [4.78, 5) is 13.7. The molecule has 2 nitrogen and oxygen atoms in total. The van der Waals surface area contributed by atoms with E-state index in [9.17, 15) is 4.79 Å². The second-order valence-electron chi connectivity index (χ2n) is 3.69. The first-order chi connectivity index (χ1) is 7.71. The molecule has 0 radical (unpaired) electrons. The number of rotatable bonds is 5. The molecule has 0 saturated carbocycles. The van der Waals surface area contributed by atoms with Gasteiger partial charge < -0.3 is 4.90 Å². The molecule has 0 aliphatic rings. The molecule has 0 bridgehead atoms. The summed E-state index contributed by atoms with van der Waals surface area (Å²) in [5.41, 5.74) is 2.14. The molecule has 0 aliphatic heterocycles. The van der Waals surface area contributed by atoms with E-state index in [2.05, 4.69) is 6.58 Å². The molecule has 1 amide bonds. The zero-order chi connectivity index (χ0) is 12.0. The molecule has 0 N–H and O–H groups in total. The minimum atomic E-state index is 0.191. The Morgan fingerprint density at radius 3 is 2.25 bits per heavy atom. The highest BCUT2D eigenvalue weighted by atomic mass is 16.2. The van der Waals surface area contributed by atoms with Gasteiger partial charge in [-0.15, -0.1) is 0 Å². The van der Waals surface area contributed by atoms with Crippen LogP contribution >= 0.6 is 0 Å². The fraction of sp³-hybridized carbons (Fsp3) is 0.357. The van der Waals surface area contributed by atoms with Gasteiger partial charge in [-0.2, -0.15) is 0 Å². The smallest absolute Gasteiger partial charge is 0.226 e. The Morgan fingerprint density at radius 2 is 1.81 bits per heavy atom. The lowest BCUT2D eigenvalue weighted by Gasteiger charge is -2.18. The van der Waals surface area contributed by atoms with Gasteiger partial charge in [-0.05, 0) is 25.0 Å². The number of amides is 1. The lowest BCUT2D eigenvalue weighted by Crippen LogP contribution is -2.31. The predicted octanol–water partition coefficient (Wildman–Crippen LogP) is 2.74. The Hall–Kier alpha value is -1.57. The van der Waals surface area contributed by atoms with Crippen LogP contribution in [0.25, 0.3) is 6.08 Å². The van der Waals surface area contributed by atoms with Gasteiger partial charge in [-0.1, -0.05) is 36.9 Å². The summed E-state index contributed by atoms with van der Waals surface area (Å²) < 4.78 is 0. The molecule has 86 valence electrons. The molecule has 1 aromatic carbocycles. The van der Waals surface area contributed by atoms with E-state index in [4.69, 9.17) is 0 Å². The monoisotopic (exact) mass is 217 g/mol. The minimum Gasteiger partial charge on any atom is -0.343 e. The van der Waals surface area contributed by atoms with Crippen molar-refractivity contribution in [3.63, 3.8) is 0 Å². The molecular formula is C14H19NO. The van der Waals surface area contributed by atoms with E-state index >= 15 is 0 Å². The predicted molar refractivity (Wildman–Crippen MR) is 68.2 cm³/mol. The van der Waals surface area contributed by atoms with Crippen LogP contribution < -0.4 is 0 Å². The number of nitrogens with zero attached hydrogens (tertiary/aromatic N) is 1. The van der Waals surface area contributed by atoms with Crippen LogP contribution in [0.15, 0.2) is 30.8 Å². The molecule has 0 aromatic heterocycles. The van der Waals surface area contributed by atoms with Crippen LogP contribution in [0.3, 0.4) is 0 Å². The van der Waals surface area contributed by atoms with Crippen molar-refractivity contribution < 1.29 is 4.79 Å². The van der Waals surface area contributed by atoms with E-state index in [0.717, 1.165) is 24.2 Å². The van der Waals surface area contributed by atoms with E-state index in [0.29, 0.717) is 6.42 Å². The summed E-state index contributed by atoms with van der Waals surface area (Å²) in [6.07, 6.45) is 2.29. The van der Waals surface area contributed by atoms with Crippen LogP contribution in [0.1, 0.15) is 25.0 Å². The third-order valence-corrected chi connectivity index (χ3v) is 2.69. The molecular weight excluding hydrogens is 198 g/mol. The van der Waals surface area contributed by atoms with Crippen LogP contribution in [0.4, 0.5) is 0 Å². The maximum atomic E-state index is 11.8. The first kappa shape index (κ1) is 12.5. The topological polar surface area (TPSA) is 20.3 Å². The highest BCUT2D eigenvalue weighted by Crippen LogP contribution is 2.07. The Balaban J connectivity index is 2.65. The maximum absolute atomic E-state index is 11.8. The fourth-order valence-electron chi connectivity index (χ4n) is 1.63. The van der Waals surface area contributed by atoms with E-state index in [1.54, 1.807) is 6.08 Å². The van der Waals surface area contributed by atoms with Gasteiger partial charge in [0, 0.05) is 13.1 Å². The van der Waals surface area contributed by atoms with Gasteiger partial charge in [0.1, 0.15) is 0 Å². The van der Waals surface area contributed by atoms with Gasteiger partial charge >= 0.3 is 0 Å². The quantitative estimate of drug-likeness (QED) is 0.742. The Labute approximate surface area is 97.6 Å². The van der Waals surface area contributed by atoms with E-state index in [1.807, 2.05) is 43.0 Å². The van der Waals surface area contributed by atoms with E-state index < -0.39 is 0 Å². The van der Waals surface area contributed by atoms with Crippen molar-refractivity contribution in [2.45, 2.75) is 20.3 Å². The normalized spacial score (nSPS) is 9.88. The van der Waals surface area contributed by atoms with Gasteiger partial charge in [0.15, 0.2) is 0 Å². The van der Waals surface area contributed by atoms with Crippen LogP contribution in [-0.2, 0) is 11.2 Å². The van der Waals surface area contributed by atoms with Crippen LogP contribution in [0.5, 0.6) is 0 Å². The van der Waals surface area contributed by atoms with Crippen molar-refractivity contribution >= 4 is 12.0 Å². The third kappa shape index (κ3) is 3.23. The molecule has 0 spiro atoms. The SMILES string of the molecule is C=Cc1ccc(CC(=O)N(CC)CC)cc1. The zero-order valence-corrected chi connectivity index (χ0v) is 10.1. The van der Waals surface area contributed by atoms with Gasteiger partial charge in [-0.25, -0.2) is 0 Å². The number of hydrogen-bond donors (Lipinski definition) is 0. The fourth-order valence-corrected chi connectivity index (χ4v) is 1.63. The molecule has 0 unspecified atom stereocenters. The summed E-state index contributed by atoms with van der Waals surface area (Å²) in [6.45, 7) is 9.26. The van der Waals surface area contributed by atoms with Crippen molar-refractivity contribution in [2.75, 3.05) is 13.1 Å². The molecule has 0 fully saturated rings. The number of carbonyl (C=O) groups is 1. The zero-order valence-electron chi connectivity index (χ0n) is 10.1. The lowest BCUT2D eigenvalue weighted by atomic mass is 10.1. The Bertz CT molecular complexity index is 350. The first-order valence-electron chi connectivity index (χ1n) is 5.70. The molecule has 0 heterocycles. The Morgan fingerprint density at radius 1 is 1.25 bits per heavy atom. The molecule has 0 saturated heterocycles. The molecule has 1 rings (SSSR count). The molecule has 16 heavy (non-hydrogen) atoms. The van der Waals surface area contributed by atoms with Crippen molar-refractivity contribution in [3.05, 3.63) is 42.0 Å². The van der Waals surface area contributed by atoms with Gasteiger partial charge in [0.25, 0.3) is 0 Å². The standard InChI is InChI=1S/C14H19NO/c1-4-12-7-9-13(10-8-12)11-14(16)15(5-2)6-3/h4,7-10H,1,5-6,11H2,2-3H3. The van der Waals surface area contributed by atoms with Gasteiger partial charge in [-0.3, -0.25) is 4.79 Å². The number of likely N-dealkylation sites (N-methyl/N-ethyl adjacent to an activating group) is 1. The van der Waals surface area contributed by atoms with Crippen LogP contribution in [-0.4, -0.2) is 23.9 Å². The van der Waals surface area contributed by atoms with Crippen LogP contribution in [0.2, 0.25) is 0 Å². The van der Waals surface area contributed by atoms with E-state index in [1.165, 1.54) is 0 Å². The Kier molecular flexibility index (Phi) is 4.77. The summed E-state index contributed by atoms with van der Waals surface area (Å²) in [6, 6.07) is 7.94. The molecule has 0 aliphatic carbocycles. The summed E-state index contributed by atoms with van der Waals surface area (Å²) in [5.74, 6) is 0.191. The largest absolute Gasteiger partial charge is 0.343 e. The highest BCUT2D eigenvalue weighted by molar-refractivity contribution is 5.78. The second kappa shape index (κ2) is 6.11. The van der Waals surface area contributed by atoms with Crippen molar-refractivity contribution in [3.8, 4) is 0 Å². The van der Waals surface area contributed by atoms with Crippen molar-refractivity contribution in [1.82, 2.24) is 4.90 Å². The first-order valence-corrected chi connectivity index (χ1v) is 5.70. The highest BCUT2D eigenvalue weighted by Gasteiger charge is 2.09. The summed E-state index contributed by atoms with van der Waals surface area (Å²) in [5, 5.41) is 0. The number of hydrogen-bond acceptors (Lipinski definition) is 1. The summed E-state index contributed by atoms with van der Waals surface area (Å²) in [7, 11) is 0. The molecule has 2 heteroatoms. The van der Waals surface area contributed by atoms with Gasteiger partial charge in [0.2, 0.25) is 5.91 Å². The molecule has 1 aromatic rings. The lowest BCUT2D eigenvalue weighted by molar-refractivity contribution is -0.130. The van der Waals surface area contributed by atoms with Gasteiger partial charge in [0.05, 0.1) is 6.42 Å². The molecule has 0 atom stereocenters. The average Bonchev–Trinajstić information content (AvgIpc) is 2.31. The number of benzene rings is 1. The van der Waals surface area contributed by atoms with Crippen LogP contribution in [0, 0.1) is 0 Å². The maximum Gasteiger partial charge on any atom is 0.226 e. The number of carbonyl (C=O) groups excluding carboxylic acids is 1. The minimum absolute atomic E-state index is 0.191. The second-order valence-corrected chi connectivity index (χ2v) is 3.69. The summed E-state index contributed by atoms with van der Waals surface area (Å²) >= 11 is 0. The van der Waals surface area contributed by atoms with Crippen molar-refractivity contribution in [2.24, 2.45) is 0 Å². The third-order valence-electron chi connectivity index (χ3n) is 2.69.